The Morgan fingerprint density at radius 1 is 1.00 bits per heavy atom. The second-order valence-corrected chi connectivity index (χ2v) is 8.07. The Morgan fingerprint density at radius 3 is 2.35 bits per heavy atom. The van der Waals surface area contributed by atoms with E-state index in [0.717, 1.165) is 17.9 Å². The second-order valence-electron chi connectivity index (χ2n) is 8.07. The summed E-state index contributed by atoms with van der Waals surface area (Å²) in [6.45, 7) is 5.25. The summed E-state index contributed by atoms with van der Waals surface area (Å²) in [6, 6.07) is 0.847. The highest BCUT2D eigenvalue weighted by molar-refractivity contribution is 4.93. The van der Waals surface area contributed by atoms with Gasteiger partial charge in [-0.3, -0.25) is 4.90 Å². The maximum absolute atomic E-state index is 10.0. The number of rotatable bonds is 4. The molecule has 1 saturated heterocycles. The summed E-state index contributed by atoms with van der Waals surface area (Å²) >= 11 is 0. The molecule has 3 fully saturated rings. The second kappa shape index (κ2) is 6.36. The number of likely N-dealkylation sites (tertiary alicyclic amines) is 1. The fraction of sp³-hybridized carbons (Fsp3) is 1.00. The Balaban J connectivity index is 1.62. The predicted molar refractivity (Wildman–Crippen MR) is 83.7 cm³/mol. The van der Waals surface area contributed by atoms with E-state index in [1.165, 1.54) is 77.3 Å². The van der Waals surface area contributed by atoms with Crippen LogP contribution in [0.2, 0.25) is 0 Å². The van der Waals surface area contributed by atoms with E-state index >= 15 is 0 Å². The monoisotopic (exact) mass is 279 g/mol. The maximum atomic E-state index is 10.0. The highest BCUT2D eigenvalue weighted by atomic mass is 16.3. The van der Waals surface area contributed by atoms with Crippen molar-refractivity contribution in [1.82, 2.24) is 4.90 Å². The molecule has 2 aliphatic carbocycles. The molecule has 2 heteroatoms. The van der Waals surface area contributed by atoms with Gasteiger partial charge < -0.3 is 5.11 Å². The molecule has 1 unspecified atom stereocenters. The average Bonchev–Trinajstić information content (AvgIpc) is 3.12. The molecular formula is C18H33NO. The van der Waals surface area contributed by atoms with E-state index in [4.69, 9.17) is 0 Å². The summed E-state index contributed by atoms with van der Waals surface area (Å²) < 4.78 is 0. The van der Waals surface area contributed by atoms with Crippen LogP contribution < -0.4 is 0 Å². The third-order valence-corrected chi connectivity index (χ3v) is 6.57. The lowest BCUT2D eigenvalue weighted by Crippen LogP contribution is -2.46. The van der Waals surface area contributed by atoms with Crippen LogP contribution in [0.25, 0.3) is 0 Å². The molecule has 0 bridgehead atoms. The lowest BCUT2D eigenvalue weighted by molar-refractivity contribution is 0.0182. The normalized spacial score (nSPS) is 40.5. The number of hydrogen-bond donors (Lipinski definition) is 1. The third kappa shape index (κ3) is 3.06. The summed E-state index contributed by atoms with van der Waals surface area (Å²) in [5.74, 6) is 1.84. The molecule has 0 aromatic rings. The van der Waals surface area contributed by atoms with Crippen molar-refractivity contribution >= 4 is 0 Å². The van der Waals surface area contributed by atoms with Crippen LogP contribution in [0.1, 0.15) is 71.1 Å². The van der Waals surface area contributed by atoms with Gasteiger partial charge in [-0.25, -0.2) is 0 Å². The molecule has 0 amide bonds. The first-order valence-electron chi connectivity index (χ1n) is 9.07. The van der Waals surface area contributed by atoms with Crippen LogP contribution in [-0.2, 0) is 0 Å². The number of nitrogens with zero attached hydrogens (tertiary/aromatic N) is 1. The highest BCUT2D eigenvalue weighted by Crippen LogP contribution is 2.42. The molecule has 1 heterocycles. The van der Waals surface area contributed by atoms with Gasteiger partial charge in [0.05, 0.1) is 0 Å². The highest BCUT2D eigenvalue weighted by Gasteiger charge is 2.40. The van der Waals surface area contributed by atoms with E-state index in [1.54, 1.807) is 0 Å². The largest absolute Gasteiger partial charge is 0.396 e. The van der Waals surface area contributed by atoms with Crippen LogP contribution in [0.5, 0.6) is 0 Å². The van der Waals surface area contributed by atoms with Crippen LogP contribution in [0.15, 0.2) is 0 Å². The van der Waals surface area contributed by atoms with Gasteiger partial charge in [-0.05, 0) is 56.9 Å². The van der Waals surface area contributed by atoms with Crippen molar-refractivity contribution in [3.05, 3.63) is 0 Å². The smallest absolute Gasteiger partial charge is 0.0499 e. The first-order valence-corrected chi connectivity index (χ1v) is 9.07. The summed E-state index contributed by atoms with van der Waals surface area (Å²) in [6.07, 6.45) is 13.8. The molecule has 1 aliphatic heterocycles. The molecule has 0 spiro atoms. The van der Waals surface area contributed by atoms with Crippen LogP contribution >= 0.6 is 0 Å². The zero-order valence-electron chi connectivity index (χ0n) is 13.3. The van der Waals surface area contributed by atoms with Gasteiger partial charge in [-0.2, -0.15) is 0 Å². The Kier molecular flexibility index (Phi) is 4.72. The van der Waals surface area contributed by atoms with E-state index in [1.807, 2.05) is 0 Å². The molecule has 20 heavy (non-hydrogen) atoms. The SMILES string of the molecule is CC1CCC(CO)(CN2CCCC2C2CCCC2)CC1. The van der Waals surface area contributed by atoms with Crippen LogP contribution in [0.4, 0.5) is 0 Å². The Bertz CT molecular complexity index is 303. The van der Waals surface area contributed by atoms with E-state index in [-0.39, 0.29) is 5.41 Å². The molecule has 2 nitrogen and oxygen atoms in total. The maximum Gasteiger partial charge on any atom is 0.0499 e. The van der Waals surface area contributed by atoms with Crippen LogP contribution in [0.3, 0.4) is 0 Å². The fourth-order valence-corrected chi connectivity index (χ4v) is 5.10. The van der Waals surface area contributed by atoms with Crippen molar-refractivity contribution in [1.29, 1.82) is 0 Å². The van der Waals surface area contributed by atoms with Crippen LogP contribution in [0, 0.1) is 17.3 Å². The predicted octanol–water partition coefficient (Wildman–Crippen LogP) is 3.83. The summed E-state index contributed by atoms with van der Waals surface area (Å²) in [5.41, 5.74) is 0.230. The Labute approximate surface area is 124 Å². The summed E-state index contributed by atoms with van der Waals surface area (Å²) in [4.78, 5) is 2.78. The zero-order chi connectivity index (χ0) is 14.0. The Hall–Kier alpha value is -0.0800. The number of aliphatic hydroxyl groups excluding tert-OH is 1. The Morgan fingerprint density at radius 2 is 1.70 bits per heavy atom. The molecule has 0 aromatic carbocycles. The van der Waals surface area contributed by atoms with Crippen molar-refractivity contribution in [2.75, 3.05) is 19.7 Å². The fourth-order valence-electron chi connectivity index (χ4n) is 5.10. The van der Waals surface area contributed by atoms with Crippen molar-refractivity contribution < 1.29 is 5.11 Å². The van der Waals surface area contributed by atoms with Gasteiger partial charge in [-0.15, -0.1) is 0 Å². The molecule has 0 aromatic heterocycles. The minimum Gasteiger partial charge on any atom is -0.396 e. The average molecular weight is 279 g/mol. The van der Waals surface area contributed by atoms with E-state index in [2.05, 4.69) is 11.8 Å². The zero-order valence-corrected chi connectivity index (χ0v) is 13.3. The third-order valence-electron chi connectivity index (χ3n) is 6.57. The lowest BCUT2D eigenvalue weighted by atomic mass is 9.71. The van der Waals surface area contributed by atoms with Gasteiger partial charge in [-0.1, -0.05) is 32.6 Å². The molecule has 116 valence electrons. The van der Waals surface area contributed by atoms with Crippen LogP contribution in [-0.4, -0.2) is 35.7 Å². The van der Waals surface area contributed by atoms with Gasteiger partial charge in [0.25, 0.3) is 0 Å². The number of hydrogen-bond acceptors (Lipinski definition) is 2. The first kappa shape index (κ1) is 14.8. The first-order chi connectivity index (χ1) is 9.72. The lowest BCUT2D eigenvalue weighted by Gasteiger charge is -2.43. The minimum absolute atomic E-state index is 0.230. The van der Waals surface area contributed by atoms with Crippen molar-refractivity contribution in [2.45, 2.75) is 77.2 Å². The molecule has 2 saturated carbocycles. The van der Waals surface area contributed by atoms with Gasteiger partial charge in [0.15, 0.2) is 0 Å². The quantitative estimate of drug-likeness (QED) is 0.845. The van der Waals surface area contributed by atoms with Crippen molar-refractivity contribution in [3.8, 4) is 0 Å². The van der Waals surface area contributed by atoms with Crippen molar-refractivity contribution in [2.24, 2.45) is 17.3 Å². The van der Waals surface area contributed by atoms with E-state index in [0.29, 0.717) is 6.61 Å². The molecular weight excluding hydrogens is 246 g/mol. The standard InChI is InChI=1S/C18H33NO/c1-15-8-10-18(14-20,11-9-15)13-19-12-4-7-17(19)16-5-2-3-6-16/h15-17,20H,2-14H2,1H3. The van der Waals surface area contributed by atoms with E-state index < -0.39 is 0 Å². The van der Waals surface area contributed by atoms with Crippen molar-refractivity contribution in [3.63, 3.8) is 0 Å². The summed E-state index contributed by atoms with van der Waals surface area (Å²) in [7, 11) is 0. The van der Waals surface area contributed by atoms with E-state index in [9.17, 15) is 5.11 Å². The summed E-state index contributed by atoms with van der Waals surface area (Å²) in [5, 5.41) is 10.0. The van der Waals surface area contributed by atoms with Gasteiger partial charge in [0.1, 0.15) is 0 Å². The number of aliphatic hydroxyl groups is 1. The molecule has 1 atom stereocenters. The van der Waals surface area contributed by atoms with Gasteiger partial charge in [0, 0.05) is 24.6 Å². The minimum atomic E-state index is 0.230. The molecule has 3 aliphatic rings. The molecule has 3 rings (SSSR count). The molecule has 0 radical (unpaired) electrons. The van der Waals surface area contributed by atoms with Gasteiger partial charge in [0.2, 0.25) is 0 Å². The topological polar surface area (TPSA) is 23.5 Å². The van der Waals surface area contributed by atoms with Gasteiger partial charge >= 0.3 is 0 Å². The molecule has 1 N–H and O–H groups in total.